The molecule has 0 heterocycles. The quantitative estimate of drug-likeness (QED) is 0.564. The van der Waals surface area contributed by atoms with E-state index in [2.05, 4.69) is 42.7 Å². The topological polar surface area (TPSA) is 53.5 Å². The first kappa shape index (κ1) is 17.4. The van der Waals surface area contributed by atoms with E-state index in [-0.39, 0.29) is 5.75 Å². The standard InChI is InChI=1S/C16H18BClN2O2S/c1-22-15-6-11(13(18)7-14(15)21)9-20-16(23)19-8-10-2-4-12(17)5-3-10/h2-7,21H,8-9,17H2,1H3,(H2,19,20,23). The third-order valence-corrected chi connectivity index (χ3v) is 4.00. The molecule has 0 saturated heterocycles. The lowest BCUT2D eigenvalue weighted by Gasteiger charge is -2.13. The summed E-state index contributed by atoms with van der Waals surface area (Å²) in [4.78, 5) is 0. The second kappa shape index (κ2) is 8.08. The van der Waals surface area contributed by atoms with Crippen molar-refractivity contribution in [2.45, 2.75) is 13.1 Å². The minimum atomic E-state index is 0.0151. The molecule has 2 aromatic carbocycles. The number of nitrogens with one attached hydrogen (secondary N) is 2. The van der Waals surface area contributed by atoms with Crippen LogP contribution < -0.4 is 20.8 Å². The molecule has 2 aromatic rings. The molecule has 0 radical (unpaired) electrons. The van der Waals surface area contributed by atoms with Gasteiger partial charge in [0.2, 0.25) is 0 Å². The molecule has 0 fully saturated rings. The Hall–Kier alpha value is -1.92. The highest BCUT2D eigenvalue weighted by atomic mass is 35.5. The Morgan fingerprint density at radius 2 is 1.87 bits per heavy atom. The van der Waals surface area contributed by atoms with Gasteiger partial charge < -0.3 is 20.5 Å². The molecular weight excluding hydrogens is 331 g/mol. The zero-order chi connectivity index (χ0) is 16.8. The Bertz CT molecular complexity index is 695. The maximum Gasteiger partial charge on any atom is 0.166 e. The van der Waals surface area contributed by atoms with Gasteiger partial charge in [-0.25, -0.2) is 0 Å². The molecule has 23 heavy (non-hydrogen) atoms. The molecule has 120 valence electrons. The summed E-state index contributed by atoms with van der Waals surface area (Å²) in [5, 5.41) is 16.9. The number of phenols is 1. The fourth-order valence-electron chi connectivity index (χ4n) is 2.01. The number of methoxy groups -OCH3 is 1. The Kier molecular flexibility index (Phi) is 6.13. The molecule has 4 nitrogen and oxygen atoms in total. The maximum absolute atomic E-state index is 9.65. The van der Waals surface area contributed by atoms with Crippen molar-refractivity contribution < 1.29 is 9.84 Å². The number of halogens is 1. The third kappa shape index (κ3) is 5.04. The highest BCUT2D eigenvalue weighted by Crippen LogP contribution is 2.31. The van der Waals surface area contributed by atoms with Crippen molar-refractivity contribution in [2.75, 3.05) is 7.11 Å². The summed E-state index contributed by atoms with van der Waals surface area (Å²) < 4.78 is 5.08. The number of aromatic hydroxyl groups is 1. The van der Waals surface area contributed by atoms with E-state index in [0.717, 1.165) is 11.1 Å². The van der Waals surface area contributed by atoms with Crippen LogP contribution in [-0.2, 0) is 13.1 Å². The number of hydrogen-bond acceptors (Lipinski definition) is 3. The molecule has 0 aliphatic rings. The van der Waals surface area contributed by atoms with Gasteiger partial charge in [0.15, 0.2) is 16.6 Å². The largest absolute Gasteiger partial charge is 0.504 e. The predicted octanol–water partition coefficient (Wildman–Crippen LogP) is 1.48. The van der Waals surface area contributed by atoms with Crippen molar-refractivity contribution in [2.24, 2.45) is 0 Å². The highest BCUT2D eigenvalue weighted by Gasteiger charge is 2.08. The average molecular weight is 349 g/mol. The summed E-state index contributed by atoms with van der Waals surface area (Å²) in [5.74, 6) is 0.394. The first-order chi connectivity index (χ1) is 11.0. The van der Waals surface area contributed by atoms with Crippen molar-refractivity contribution in [3.63, 3.8) is 0 Å². The van der Waals surface area contributed by atoms with Crippen molar-refractivity contribution in [3.8, 4) is 11.5 Å². The van der Waals surface area contributed by atoms with Crippen molar-refractivity contribution in [1.29, 1.82) is 0 Å². The summed E-state index contributed by atoms with van der Waals surface area (Å²) >= 11 is 11.4. The molecule has 7 heteroatoms. The van der Waals surface area contributed by atoms with Crippen LogP contribution >= 0.6 is 23.8 Å². The van der Waals surface area contributed by atoms with Crippen LogP contribution in [0.2, 0.25) is 5.02 Å². The average Bonchev–Trinajstić information content (AvgIpc) is 2.53. The van der Waals surface area contributed by atoms with Gasteiger partial charge in [-0.05, 0) is 29.4 Å². The molecule has 0 atom stereocenters. The van der Waals surface area contributed by atoms with E-state index in [1.807, 2.05) is 0 Å². The summed E-state index contributed by atoms with van der Waals surface area (Å²) in [6.45, 7) is 1.09. The first-order valence-electron chi connectivity index (χ1n) is 7.12. The van der Waals surface area contributed by atoms with Crippen LogP contribution in [0.3, 0.4) is 0 Å². The van der Waals surface area contributed by atoms with Gasteiger partial charge in [0, 0.05) is 24.2 Å². The number of hydrogen-bond donors (Lipinski definition) is 3. The molecule has 0 bridgehead atoms. The number of phenolic OH excluding ortho intramolecular Hbond substituents is 1. The molecule has 3 N–H and O–H groups in total. The fraction of sp³-hybridized carbons (Fsp3) is 0.188. The number of rotatable bonds is 5. The van der Waals surface area contributed by atoms with E-state index < -0.39 is 0 Å². The highest BCUT2D eigenvalue weighted by molar-refractivity contribution is 7.80. The van der Waals surface area contributed by atoms with E-state index in [1.165, 1.54) is 18.6 Å². The summed E-state index contributed by atoms with van der Waals surface area (Å²) in [6, 6.07) is 11.4. The SMILES string of the molecule is Bc1ccc(CNC(=S)NCc2cc(OC)c(O)cc2Cl)cc1. The van der Waals surface area contributed by atoms with Gasteiger partial charge in [0.25, 0.3) is 0 Å². The lowest BCUT2D eigenvalue weighted by atomic mass is 9.95. The van der Waals surface area contributed by atoms with Gasteiger partial charge in [-0.2, -0.15) is 0 Å². The molecule has 2 rings (SSSR count). The van der Waals surface area contributed by atoms with Crippen molar-refractivity contribution in [3.05, 3.63) is 52.5 Å². The molecule has 0 saturated carbocycles. The van der Waals surface area contributed by atoms with Gasteiger partial charge in [0.05, 0.1) is 7.11 Å². The predicted molar refractivity (Wildman–Crippen MR) is 101 cm³/mol. The zero-order valence-corrected chi connectivity index (χ0v) is 14.6. The minimum absolute atomic E-state index is 0.0151. The van der Waals surface area contributed by atoms with Crippen LogP contribution in [0.25, 0.3) is 0 Å². The Balaban J connectivity index is 1.88. The maximum atomic E-state index is 9.65. The molecule has 0 aliphatic heterocycles. The smallest absolute Gasteiger partial charge is 0.166 e. The molecule has 0 aromatic heterocycles. The van der Waals surface area contributed by atoms with Crippen LogP contribution in [0.4, 0.5) is 0 Å². The van der Waals surface area contributed by atoms with E-state index >= 15 is 0 Å². The van der Waals surface area contributed by atoms with Gasteiger partial charge in [-0.1, -0.05) is 41.3 Å². The third-order valence-electron chi connectivity index (χ3n) is 3.36. The number of thiocarbonyl (C=S) groups is 1. The summed E-state index contributed by atoms with van der Waals surface area (Å²) in [5.41, 5.74) is 3.18. The summed E-state index contributed by atoms with van der Waals surface area (Å²) in [7, 11) is 3.55. The molecular formula is C16H18BClN2O2S. The van der Waals surface area contributed by atoms with Crippen LogP contribution in [0, 0.1) is 0 Å². The number of ether oxygens (including phenoxy) is 1. The Morgan fingerprint density at radius 1 is 1.22 bits per heavy atom. The van der Waals surface area contributed by atoms with Crippen LogP contribution in [-0.4, -0.2) is 25.2 Å². The molecule has 0 aliphatic carbocycles. The van der Waals surface area contributed by atoms with Crippen LogP contribution in [0.1, 0.15) is 11.1 Å². The minimum Gasteiger partial charge on any atom is -0.504 e. The Morgan fingerprint density at radius 3 is 2.52 bits per heavy atom. The zero-order valence-electron chi connectivity index (χ0n) is 13.0. The number of benzene rings is 2. The van der Waals surface area contributed by atoms with E-state index in [0.29, 0.717) is 29.0 Å². The van der Waals surface area contributed by atoms with Crippen LogP contribution in [0.5, 0.6) is 11.5 Å². The summed E-state index contributed by atoms with van der Waals surface area (Å²) in [6.07, 6.45) is 0. The molecule has 0 spiro atoms. The second-order valence-corrected chi connectivity index (χ2v) is 5.95. The molecule has 0 unspecified atom stereocenters. The monoisotopic (exact) mass is 348 g/mol. The van der Waals surface area contributed by atoms with Crippen molar-refractivity contribution in [1.82, 2.24) is 10.6 Å². The lowest BCUT2D eigenvalue weighted by Crippen LogP contribution is -2.34. The van der Waals surface area contributed by atoms with Gasteiger partial charge >= 0.3 is 0 Å². The van der Waals surface area contributed by atoms with E-state index in [9.17, 15) is 5.11 Å². The van der Waals surface area contributed by atoms with Gasteiger partial charge in [-0.15, -0.1) is 0 Å². The fourth-order valence-corrected chi connectivity index (χ4v) is 2.38. The Labute approximate surface area is 147 Å². The van der Waals surface area contributed by atoms with Gasteiger partial charge in [-0.3, -0.25) is 0 Å². The normalized spacial score (nSPS) is 10.2. The first-order valence-corrected chi connectivity index (χ1v) is 7.91. The van der Waals surface area contributed by atoms with Crippen LogP contribution in [0.15, 0.2) is 36.4 Å². The molecule has 0 amide bonds. The van der Waals surface area contributed by atoms with Gasteiger partial charge in [0.1, 0.15) is 7.85 Å². The lowest BCUT2D eigenvalue weighted by molar-refractivity contribution is 0.373. The van der Waals surface area contributed by atoms with Crippen molar-refractivity contribution >= 4 is 42.2 Å². The van der Waals surface area contributed by atoms with E-state index in [4.69, 9.17) is 28.6 Å². The van der Waals surface area contributed by atoms with E-state index in [1.54, 1.807) is 6.07 Å². The second-order valence-electron chi connectivity index (χ2n) is 5.14.